The molecule has 3 saturated heterocycles. The molecule has 118 heavy (non-hydrogen) atoms. The summed E-state index contributed by atoms with van der Waals surface area (Å²) in [5.74, 6) is -12.0. The quantitative estimate of drug-likeness (QED) is 0.0394. The Kier molecular flexibility index (Phi) is 29.3. The Bertz CT molecular complexity index is 4430. The summed E-state index contributed by atoms with van der Waals surface area (Å²) in [4.78, 5) is 107. The number of rotatable bonds is 24. The number of carbonyl (C=O) groups excluding carboxylic acids is 7. The summed E-state index contributed by atoms with van der Waals surface area (Å²) >= 11 is 7.19. The molecule has 11 bridgehead atoms. The molecule has 3 fully saturated rings. The SMILES string of the molecule is CCCCCCCCCCNC1NC(=O)[C@H]2NC(=O)[C@H](NC(=O)[C@@H]3NC(=O)[C@H](CC(N)=O)NC(=O)[C@H](NC(=O)[C@@H](CC(C)C)NC)[C@H](O)c4ccc(c(Cl)c4)Oc4cc3cc(c4O[C@@H]3O[C@H](CO)[C@@H](O)[C@H](O)[C@H]3O[C@H]3C[C@](C)(N)[C@@H](O)[C@H](C)O3)Oc3ccc(cc3)[C@H]2O[C@H]2C[C@](C)(N)[C@@H](O)[C@H](C)O2)c2ccc(O)c(c2)-c2c(O)cc(O)cc21. The van der Waals surface area contributed by atoms with Gasteiger partial charge in [0, 0.05) is 46.7 Å². The predicted molar refractivity (Wildman–Crippen MR) is 424 cm³/mol. The molecule has 0 saturated carbocycles. The number of benzene rings is 5. The van der Waals surface area contributed by atoms with Gasteiger partial charge in [0.1, 0.15) is 95.6 Å². The van der Waals surface area contributed by atoms with E-state index in [2.05, 4.69) is 49.5 Å². The molecule has 5 aromatic rings. The molecule has 8 aliphatic heterocycles. The lowest BCUT2D eigenvalue weighted by Gasteiger charge is -2.47. The number of amides is 7. The van der Waals surface area contributed by atoms with Crippen molar-refractivity contribution in [1.82, 2.24) is 42.5 Å². The normalized spacial score (nSPS) is 30.9. The first-order valence-electron chi connectivity index (χ1n) is 39.8. The number of phenolic OH excluding ortho intramolecular Hbond substituents is 3. The van der Waals surface area contributed by atoms with E-state index in [1.165, 1.54) is 81.6 Å². The predicted octanol–water partition coefficient (Wildman–Crippen LogP) is 3.29. The van der Waals surface area contributed by atoms with Gasteiger partial charge in [-0.2, -0.15) is 0 Å². The Labute approximate surface area is 687 Å². The number of ether oxygens (including phenoxy) is 8. The fraction of sp³-hybridized carbons (Fsp3) is 0.549. The van der Waals surface area contributed by atoms with Crippen molar-refractivity contribution in [2.75, 3.05) is 20.2 Å². The van der Waals surface area contributed by atoms with Gasteiger partial charge in [-0.25, -0.2) is 0 Å². The molecule has 8 heterocycles. The molecule has 0 radical (unpaired) electrons. The molecule has 0 spiro atoms. The lowest BCUT2D eigenvalue weighted by atomic mass is 9.86. The minimum absolute atomic E-state index is 0.00303. The van der Waals surface area contributed by atoms with Crippen molar-refractivity contribution in [2.24, 2.45) is 23.1 Å². The smallest absolute Gasteiger partial charge is 0.248 e. The highest BCUT2D eigenvalue weighted by molar-refractivity contribution is 6.32. The van der Waals surface area contributed by atoms with Crippen LogP contribution in [0.1, 0.15) is 184 Å². The van der Waals surface area contributed by atoms with Gasteiger partial charge in [-0.1, -0.05) is 102 Å². The minimum atomic E-state index is -2.29. The second kappa shape index (κ2) is 38.5. The topological polar surface area (TPSA) is 550 Å². The van der Waals surface area contributed by atoms with Crippen LogP contribution >= 0.6 is 11.6 Å². The highest BCUT2D eigenvalue weighted by atomic mass is 35.5. The zero-order chi connectivity index (χ0) is 85.5. The van der Waals surface area contributed by atoms with Crippen LogP contribution < -0.4 is 73.9 Å². The molecule has 36 heteroatoms. The highest BCUT2D eigenvalue weighted by Crippen LogP contribution is 2.50. The van der Waals surface area contributed by atoms with E-state index >= 15 is 24.0 Å². The molecule has 1 unspecified atom stereocenters. The van der Waals surface area contributed by atoms with Crippen LogP contribution in [0.25, 0.3) is 11.1 Å². The molecular formula is C82H110ClN11O24. The zero-order valence-corrected chi connectivity index (χ0v) is 67.6. The summed E-state index contributed by atoms with van der Waals surface area (Å²) in [6.45, 7) is 11.3. The second-order valence-electron chi connectivity index (χ2n) is 32.2. The average Bonchev–Trinajstić information content (AvgIpc) is 0.770. The van der Waals surface area contributed by atoms with Crippen LogP contribution in [-0.2, 0) is 57.2 Å². The van der Waals surface area contributed by atoms with E-state index in [1.54, 1.807) is 13.8 Å². The van der Waals surface area contributed by atoms with E-state index in [9.17, 15) is 55.5 Å². The molecule has 13 rings (SSSR count). The van der Waals surface area contributed by atoms with Gasteiger partial charge in [-0.15, -0.1) is 0 Å². The first kappa shape index (κ1) is 89.7. The number of nitrogens with one attached hydrogen (secondary N) is 8. The van der Waals surface area contributed by atoms with Gasteiger partial charge < -0.3 is 138 Å². The van der Waals surface area contributed by atoms with Gasteiger partial charge in [0.25, 0.3) is 0 Å². The Morgan fingerprint density at radius 3 is 1.87 bits per heavy atom. The van der Waals surface area contributed by atoms with Crippen molar-refractivity contribution in [3.05, 3.63) is 118 Å². The third kappa shape index (κ3) is 20.8. The standard InChI is InChI=1S/C82H110ClN11O24/c1-9-10-11-12-13-14-15-16-25-88-73-47-31-44(96)32-52(98)60(47)46-27-41(19-23-51(46)97)61-76(107)93-64(79(110)94-73)68(116-58-34-81(6,85)71(103)38(4)111-58)40-17-21-45(22-18-40)113-54-29-43-30-55(69(54)118-80-70(67(102)66(101)56(36-95)115-80)117-59-35-82(7,86)72(104)39(5)112-59)114-53-24-20-42(28-48(53)83)65(100)63(92-74(105)49(87-8)26-37(2)3)78(109)89-50(33-57(84)99)75(106)90-62(43)77(108)91-61/h17-24,27-32,37-39,49-50,56,58-59,61-68,70-73,80,87-88,95-98,100-104H,9-16,25-26,33-36,85-86H2,1-8H3,(H2,84,99)(H,89,109)(H,90,106)(H,91,108)(H,92,105)(H,93,107)(H,94,110)/t38-,39-,49+,50-,56+,58-,59-,61+,62+,63+,64-,65+,66+,67-,68+,70+,71-,72-,73?,80-,81-,82-/m0/s1. The number of fused-ring (bicyclic) bond motifs is 15. The largest absolute Gasteiger partial charge is 0.508 e. The van der Waals surface area contributed by atoms with Gasteiger partial charge in [-0.05, 0) is 137 Å². The minimum Gasteiger partial charge on any atom is -0.508 e. The van der Waals surface area contributed by atoms with Gasteiger partial charge in [0.15, 0.2) is 30.2 Å². The number of aromatic hydroxyl groups is 3. The summed E-state index contributed by atoms with van der Waals surface area (Å²) in [5, 5.41) is 127. The fourth-order valence-electron chi connectivity index (χ4n) is 15.7. The number of hydrogen-bond acceptors (Lipinski definition) is 28. The van der Waals surface area contributed by atoms with Crippen LogP contribution in [0.2, 0.25) is 5.02 Å². The van der Waals surface area contributed by atoms with Crippen molar-refractivity contribution in [3.63, 3.8) is 0 Å². The molecule has 644 valence electrons. The summed E-state index contributed by atoms with van der Waals surface area (Å²) < 4.78 is 52.5. The zero-order valence-electron chi connectivity index (χ0n) is 66.9. The first-order valence-corrected chi connectivity index (χ1v) is 40.2. The van der Waals surface area contributed by atoms with Crippen LogP contribution in [0, 0.1) is 5.92 Å². The lowest BCUT2D eigenvalue weighted by molar-refractivity contribution is -0.333. The Morgan fingerprint density at radius 1 is 0.653 bits per heavy atom. The van der Waals surface area contributed by atoms with E-state index in [-0.39, 0.29) is 87.2 Å². The third-order valence-electron chi connectivity index (χ3n) is 22.2. The van der Waals surface area contributed by atoms with Crippen LogP contribution in [0.5, 0.6) is 46.0 Å². The van der Waals surface area contributed by atoms with Crippen molar-refractivity contribution < 1.29 is 117 Å². The van der Waals surface area contributed by atoms with Gasteiger partial charge >= 0.3 is 0 Å². The summed E-state index contributed by atoms with van der Waals surface area (Å²) in [5.41, 5.74) is 15.4. The van der Waals surface area contributed by atoms with Crippen LogP contribution in [-0.4, -0.2) is 210 Å². The third-order valence-corrected chi connectivity index (χ3v) is 22.5. The van der Waals surface area contributed by atoms with Gasteiger partial charge in [0.2, 0.25) is 53.4 Å². The van der Waals surface area contributed by atoms with E-state index in [1.807, 2.05) is 13.8 Å². The number of carbonyl (C=O) groups is 7. The Balaban J connectivity index is 1.16. The molecule has 5 aromatic carbocycles. The maximum absolute atomic E-state index is 16.5. The van der Waals surface area contributed by atoms with Crippen LogP contribution in [0.3, 0.4) is 0 Å². The number of primary amides is 1. The first-order chi connectivity index (χ1) is 56.0. The molecule has 7 amide bonds. The van der Waals surface area contributed by atoms with E-state index in [0.717, 1.165) is 69.2 Å². The molecule has 0 aromatic heterocycles. The molecule has 35 nitrogen and oxygen atoms in total. The lowest BCUT2D eigenvalue weighted by Crippen LogP contribution is -2.64. The number of likely N-dealkylation sites (N-methyl/N-ethyl adjacent to an activating group) is 1. The average molecular weight is 1670 g/mol. The number of unbranched alkanes of at least 4 members (excludes halogenated alkanes) is 7. The van der Waals surface area contributed by atoms with E-state index in [0.29, 0.717) is 6.42 Å². The van der Waals surface area contributed by atoms with Gasteiger partial charge in [-0.3, -0.25) is 38.9 Å². The Morgan fingerprint density at radius 2 is 1.25 bits per heavy atom. The Hall–Kier alpha value is -9.12. The van der Waals surface area contributed by atoms with Crippen molar-refractivity contribution in [1.29, 1.82) is 0 Å². The maximum atomic E-state index is 16.5. The molecule has 0 aliphatic carbocycles. The van der Waals surface area contributed by atoms with Crippen molar-refractivity contribution in [3.8, 4) is 57.1 Å². The number of aliphatic hydroxyl groups excluding tert-OH is 6. The van der Waals surface area contributed by atoms with Crippen molar-refractivity contribution >= 4 is 53.0 Å². The summed E-state index contributed by atoms with van der Waals surface area (Å²) in [7, 11) is 1.50. The van der Waals surface area contributed by atoms with Gasteiger partial charge in [0.05, 0.1) is 48.5 Å². The molecule has 8 aliphatic rings. The monoisotopic (exact) mass is 1670 g/mol. The summed E-state index contributed by atoms with van der Waals surface area (Å²) in [6.07, 6.45) is -15.5. The second-order valence-corrected chi connectivity index (χ2v) is 32.6. The van der Waals surface area contributed by atoms with E-state index < -0.39 is 222 Å². The molecular weight excluding hydrogens is 1560 g/mol. The maximum Gasteiger partial charge on any atom is 0.248 e. The summed E-state index contributed by atoms with van der Waals surface area (Å²) in [6, 6.07) is 6.01. The van der Waals surface area contributed by atoms with E-state index in [4.69, 9.17) is 66.7 Å². The van der Waals surface area contributed by atoms with Crippen LogP contribution in [0.15, 0.2) is 84.9 Å². The number of aliphatic hydroxyl groups is 6. The number of phenols is 3. The highest BCUT2D eigenvalue weighted by Gasteiger charge is 2.52. The fourth-order valence-corrected chi connectivity index (χ4v) is 15.9. The number of hydrogen-bond donors (Lipinski definition) is 20. The van der Waals surface area contributed by atoms with Crippen molar-refractivity contribution in [2.45, 2.75) is 259 Å². The number of nitrogens with two attached hydrogens (primary N) is 3. The molecule has 23 N–H and O–H groups in total. The molecule has 22 atom stereocenters. The van der Waals surface area contributed by atoms with Crippen LogP contribution in [0.4, 0.5) is 0 Å². The number of halogens is 1.